The first-order chi connectivity index (χ1) is 6.32. The van der Waals surface area contributed by atoms with Gasteiger partial charge in [0.1, 0.15) is 5.01 Å². The van der Waals surface area contributed by atoms with Crippen LogP contribution < -0.4 is 5.73 Å². The number of nitrogens with two attached hydrogens (primary N) is 1. The quantitative estimate of drug-likeness (QED) is 0.838. The largest absolute Gasteiger partial charge is 0.434 e. The Morgan fingerprint density at radius 1 is 1.43 bits per heavy atom. The fourth-order valence-corrected chi connectivity index (χ4v) is 1.86. The van der Waals surface area contributed by atoms with Crippen LogP contribution in [-0.2, 0) is 6.18 Å². The molecular formula is C8H11F3N2S. The van der Waals surface area contributed by atoms with Crippen LogP contribution in [0.1, 0.15) is 30.6 Å². The van der Waals surface area contributed by atoms with Gasteiger partial charge >= 0.3 is 6.18 Å². The molecule has 0 aliphatic heterocycles. The zero-order chi connectivity index (χ0) is 10.9. The van der Waals surface area contributed by atoms with Gasteiger partial charge in [0.2, 0.25) is 0 Å². The summed E-state index contributed by atoms with van der Waals surface area (Å²) in [6.07, 6.45) is -4.37. The zero-order valence-electron chi connectivity index (χ0n) is 7.80. The predicted octanol–water partition coefficient (Wildman–Crippen LogP) is 2.82. The van der Waals surface area contributed by atoms with Crippen molar-refractivity contribution in [3.05, 3.63) is 16.1 Å². The minimum atomic E-state index is -4.37. The van der Waals surface area contributed by atoms with Crippen molar-refractivity contribution in [2.75, 3.05) is 0 Å². The van der Waals surface area contributed by atoms with Crippen LogP contribution in [0.4, 0.5) is 13.2 Å². The van der Waals surface area contributed by atoms with E-state index in [1.165, 1.54) is 0 Å². The first kappa shape index (κ1) is 11.5. The highest BCUT2D eigenvalue weighted by molar-refractivity contribution is 7.09. The molecule has 0 bridgehead atoms. The Balaban J connectivity index is 2.89. The number of hydrogen-bond donors (Lipinski definition) is 1. The summed E-state index contributed by atoms with van der Waals surface area (Å²) in [5, 5.41) is 1.34. The van der Waals surface area contributed by atoms with Crippen LogP contribution in [-0.4, -0.2) is 4.98 Å². The summed E-state index contributed by atoms with van der Waals surface area (Å²) in [6, 6.07) is -0.420. The van der Waals surface area contributed by atoms with E-state index in [1.807, 2.05) is 13.8 Å². The van der Waals surface area contributed by atoms with Crippen molar-refractivity contribution in [2.45, 2.75) is 26.1 Å². The van der Waals surface area contributed by atoms with E-state index in [9.17, 15) is 13.2 Å². The van der Waals surface area contributed by atoms with Gasteiger partial charge in [0.25, 0.3) is 0 Å². The lowest BCUT2D eigenvalue weighted by Gasteiger charge is -2.11. The Morgan fingerprint density at radius 2 is 2.00 bits per heavy atom. The predicted molar refractivity (Wildman–Crippen MR) is 48.9 cm³/mol. The molecule has 0 radical (unpaired) electrons. The molecule has 1 aromatic heterocycles. The summed E-state index contributed by atoms with van der Waals surface area (Å²) in [4.78, 5) is 3.47. The summed E-state index contributed by atoms with van der Waals surface area (Å²) >= 11 is 0.957. The summed E-state index contributed by atoms with van der Waals surface area (Å²) < 4.78 is 36.5. The molecule has 0 amide bonds. The molecule has 1 rings (SSSR count). The van der Waals surface area contributed by atoms with Crippen LogP contribution in [0.15, 0.2) is 5.38 Å². The molecule has 6 heteroatoms. The van der Waals surface area contributed by atoms with Crippen molar-refractivity contribution < 1.29 is 13.2 Å². The van der Waals surface area contributed by atoms with Crippen LogP contribution in [0.25, 0.3) is 0 Å². The molecule has 0 spiro atoms. The molecule has 80 valence electrons. The van der Waals surface area contributed by atoms with Gasteiger partial charge in [-0.1, -0.05) is 13.8 Å². The molecule has 0 saturated heterocycles. The van der Waals surface area contributed by atoms with E-state index < -0.39 is 17.9 Å². The van der Waals surface area contributed by atoms with Crippen LogP contribution in [0.3, 0.4) is 0 Å². The number of alkyl halides is 3. The molecule has 2 N–H and O–H groups in total. The highest BCUT2D eigenvalue weighted by atomic mass is 32.1. The molecule has 1 aromatic rings. The number of thiazole rings is 1. The molecule has 0 aromatic carbocycles. The van der Waals surface area contributed by atoms with E-state index in [4.69, 9.17) is 5.73 Å². The SMILES string of the molecule is CC(C)C(N)c1nc(C(F)(F)F)cs1. The Bertz CT molecular complexity index is 306. The highest BCUT2D eigenvalue weighted by Gasteiger charge is 2.34. The van der Waals surface area contributed by atoms with Gasteiger partial charge in [-0.15, -0.1) is 11.3 Å². The van der Waals surface area contributed by atoms with Crippen molar-refractivity contribution >= 4 is 11.3 Å². The third-order valence-corrected chi connectivity index (χ3v) is 2.76. The molecule has 1 unspecified atom stereocenters. The highest BCUT2D eigenvalue weighted by Crippen LogP contribution is 2.32. The van der Waals surface area contributed by atoms with Gasteiger partial charge in [-0.25, -0.2) is 4.98 Å². The summed E-state index contributed by atoms with van der Waals surface area (Å²) in [5.74, 6) is 0.0854. The van der Waals surface area contributed by atoms with Gasteiger partial charge in [0.15, 0.2) is 5.69 Å². The van der Waals surface area contributed by atoms with E-state index in [1.54, 1.807) is 0 Å². The minimum absolute atomic E-state index is 0.0854. The van der Waals surface area contributed by atoms with Gasteiger partial charge in [-0.3, -0.25) is 0 Å². The first-order valence-electron chi connectivity index (χ1n) is 4.10. The summed E-state index contributed by atoms with van der Waals surface area (Å²) in [5.41, 5.74) is 4.82. The Labute approximate surface area is 84.0 Å². The maximum absolute atomic E-state index is 12.2. The Kier molecular flexibility index (Phi) is 3.16. The standard InChI is InChI=1S/C8H11F3N2S/c1-4(2)6(12)7-13-5(3-14-7)8(9,10)11/h3-4,6H,12H2,1-2H3. The number of hydrogen-bond acceptors (Lipinski definition) is 3. The molecule has 0 aliphatic rings. The Hall–Kier alpha value is -0.620. The number of halogens is 3. The lowest BCUT2D eigenvalue weighted by Crippen LogP contribution is -2.17. The molecule has 2 nitrogen and oxygen atoms in total. The molecule has 1 heterocycles. The van der Waals surface area contributed by atoms with E-state index >= 15 is 0 Å². The topological polar surface area (TPSA) is 38.9 Å². The second kappa shape index (κ2) is 3.86. The first-order valence-corrected chi connectivity index (χ1v) is 4.98. The van der Waals surface area contributed by atoms with E-state index in [0.29, 0.717) is 5.01 Å². The smallest absolute Gasteiger partial charge is 0.322 e. The van der Waals surface area contributed by atoms with Crippen LogP contribution in [0.5, 0.6) is 0 Å². The van der Waals surface area contributed by atoms with Crippen molar-refractivity contribution in [2.24, 2.45) is 11.7 Å². The second-order valence-electron chi connectivity index (χ2n) is 3.34. The molecule has 14 heavy (non-hydrogen) atoms. The zero-order valence-corrected chi connectivity index (χ0v) is 8.62. The molecule has 0 aliphatic carbocycles. The Morgan fingerprint density at radius 3 is 2.36 bits per heavy atom. The monoisotopic (exact) mass is 224 g/mol. The third kappa shape index (κ3) is 2.45. The fraction of sp³-hybridized carbons (Fsp3) is 0.625. The molecular weight excluding hydrogens is 213 g/mol. The maximum Gasteiger partial charge on any atom is 0.434 e. The number of nitrogens with zero attached hydrogens (tertiary/aromatic N) is 1. The fourth-order valence-electron chi connectivity index (χ4n) is 0.856. The van der Waals surface area contributed by atoms with Crippen LogP contribution in [0, 0.1) is 5.92 Å². The van der Waals surface area contributed by atoms with Gasteiger partial charge in [-0.05, 0) is 5.92 Å². The van der Waals surface area contributed by atoms with Gasteiger partial charge < -0.3 is 5.73 Å². The van der Waals surface area contributed by atoms with Gasteiger partial charge in [0.05, 0.1) is 6.04 Å². The maximum atomic E-state index is 12.2. The van der Waals surface area contributed by atoms with Crippen LogP contribution >= 0.6 is 11.3 Å². The second-order valence-corrected chi connectivity index (χ2v) is 4.23. The lowest BCUT2D eigenvalue weighted by molar-refractivity contribution is -0.140. The normalized spacial score (nSPS) is 14.8. The van der Waals surface area contributed by atoms with Gasteiger partial charge in [0, 0.05) is 5.38 Å². The van der Waals surface area contributed by atoms with Crippen molar-refractivity contribution in [1.82, 2.24) is 4.98 Å². The van der Waals surface area contributed by atoms with Crippen molar-refractivity contribution in [3.8, 4) is 0 Å². The van der Waals surface area contributed by atoms with Gasteiger partial charge in [-0.2, -0.15) is 13.2 Å². The minimum Gasteiger partial charge on any atom is -0.322 e. The third-order valence-electron chi connectivity index (χ3n) is 1.82. The number of rotatable bonds is 2. The van der Waals surface area contributed by atoms with E-state index in [0.717, 1.165) is 16.7 Å². The molecule has 1 atom stereocenters. The van der Waals surface area contributed by atoms with E-state index in [2.05, 4.69) is 4.98 Å². The lowest BCUT2D eigenvalue weighted by atomic mass is 10.1. The average Bonchev–Trinajstić information content (AvgIpc) is 2.49. The van der Waals surface area contributed by atoms with E-state index in [-0.39, 0.29) is 5.92 Å². The van der Waals surface area contributed by atoms with Crippen molar-refractivity contribution in [3.63, 3.8) is 0 Å². The van der Waals surface area contributed by atoms with Crippen LogP contribution in [0.2, 0.25) is 0 Å². The number of aromatic nitrogens is 1. The molecule has 0 fully saturated rings. The summed E-state index contributed by atoms with van der Waals surface area (Å²) in [7, 11) is 0. The summed E-state index contributed by atoms with van der Waals surface area (Å²) in [6.45, 7) is 3.69. The average molecular weight is 224 g/mol. The van der Waals surface area contributed by atoms with Crippen molar-refractivity contribution in [1.29, 1.82) is 0 Å². The molecule has 0 saturated carbocycles.